The van der Waals surface area contributed by atoms with Gasteiger partial charge in [-0.2, -0.15) is 5.26 Å². The molecule has 0 radical (unpaired) electrons. The average molecular weight is 257 g/mol. The van der Waals surface area contributed by atoms with E-state index < -0.39 is 5.92 Å². The van der Waals surface area contributed by atoms with E-state index in [4.69, 9.17) is 9.68 Å². The van der Waals surface area contributed by atoms with Crippen molar-refractivity contribution in [1.82, 2.24) is 0 Å². The summed E-state index contributed by atoms with van der Waals surface area (Å²) in [6.45, 7) is 0. The maximum Gasteiger partial charge on any atom is 0.154 e. The van der Waals surface area contributed by atoms with Gasteiger partial charge in [0.1, 0.15) is 17.5 Å². The third-order valence-electron chi connectivity index (χ3n) is 2.85. The number of furan rings is 1. The maximum atomic E-state index is 12.8. The van der Waals surface area contributed by atoms with Gasteiger partial charge in [0.2, 0.25) is 0 Å². The monoisotopic (exact) mass is 257 g/mol. The van der Waals surface area contributed by atoms with Crippen molar-refractivity contribution in [3.8, 4) is 6.07 Å². The first kappa shape index (κ1) is 13.0. The highest BCUT2D eigenvalue weighted by Crippen LogP contribution is 2.19. The first-order valence-corrected chi connectivity index (χ1v) is 5.91. The van der Waals surface area contributed by atoms with Crippen LogP contribution in [0.25, 0.3) is 0 Å². The first-order valence-electron chi connectivity index (χ1n) is 5.91. The SMILES string of the molecule is N#CC(C(=O)CCc1ccco1)c1ccc(F)cc1. The average Bonchev–Trinajstić information content (AvgIpc) is 2.92. The Labute approximate surface area is 110 Å². The van der Waals surface area contributed by atoms with Crippen molar-refractivity contribution in [3.05, 3.63) is 59.8 Å². The number of carbonyl (C=O) groups is 1. The third kappa shape index (κ3) is 3.29. The molecule has 3 nitrogen and oxygen atoms in total. The fourth-order valence-corrected chi connectivity index (χ4v) is 1.83. The Morgan fingerprint density at radius 2 is 2.05 bits per heavy atom. The van der Waals surface area contributed by atoms with Crippen LogP contribution in [-0.4, -0.2) is 5.78 Å². The molecule has 0 aliphatic heterocycles. The third-order valence-corrected chi connectivity index (χ3v) is 2.85. The highest BCUT2D eigenvalue weighted by Gasteiger charge is 2.20. The van der Waals surface area contributed by atoms with E-state index in [2.05, 4.69) is 0 Å². The molecule has 0 saturated carbocycles. The largest absolute Gasteiger partial charge is 0.469 e. The molecule has 0 fully saturated rings. The van der Waals surface area contributed by atoms with E-state index in [0.29, 0.717) is 17.7 Å². The second kappa shape index (κ2) is 5.96. The van der Waals surface area contributed by atoms with Crippen LogP contribution in [0.4, 0.5) is 4.39 Å². The molecule has 0 bridgehead atoms. The molecule has 0 spiro atoms. The van der Waals surface area contributed by atoms with Crippen LogP contribution in [0.15, 0.2) is 47.1 Å². The Morgan fingerprint density at radius 3 is 2.63 bits per heavy atom. The molecule has 1 aromatic carbocycles. The Kier molecular flexibility index (Phi) is 4.09. The lowest BCUT2D eigenvalue weighted by Gasteiger charge is -2.07. The fraction of sp³-hybridized carbons (Fsp3) is 0.200. The number of nitriles is 1. The summed E-state index contributed by atoms with van der Waals surface area (Å²) < 4.78 is 17.9. The predicted octanol–water partition coefficient (Wildman–Crippen LogP) is 3.23. The van der Waals surface area contributed by atoms with Gasteiger partial charge in [0.15, 0.2) is 5.78 Å². The highest BCUT2D eigenvalue weighted by atomic mass is 19.1. The second-order valence-electron chi connectivity index (χ2n) is 4.16. The van der Waals surface area contributed by atoms with Gasteiger partial charge in [-0.15, -0.1) is 0 Å². The van der Waals surface area contributed by atoms with Crippen LogP contribution in [0.3, 0.4) is 0 Å². The number of Topliss-reactive ketones (excluding diaryl/α,β-unsaturated/α-hetero) is 1. The van der Waals surface area contributed by atoms with E-state index in [9.17, 15) is 9.18 Å². The van der Waals surface area contributed by atoms with E-state index in [1.807, 2.05) is 6.07 Å². The van der Waals surface area contributed by atoms with Crippen molar-refractivity contribution in [3.63, 3.8) is 0 Å². The van der Waals surface area contributed by atoms with Crippen LogP contribution < -0.4 is 0 Å². The minimum Gasteiger partial charge on any atom is -0.469 e. The molecule has 1 heterocycles. The van der Waals surface area contributed by atoms with E-state index in [0.717, 1.165) is 0 Å². The zero-order valence-corrected chi connectivity index (χ0v) is 10.2. The summed E-state index contributed by atoms with van der Waals surface area (Å²) in [4.78, 5) is 12.0. The summed E-state index contributed by atoms with van der Waals surface area (Å²) in [6, 6.07) is 10.9. The van der Waals surface area contributed by atoms with Gasteiger partial charge < -0.3 is 4.42 Å². The molecule has 0 saturated heterocycles. The van der Waals surface area contributed by atoms with Crippen LogP contribution in [0.5, 0.6) is 0 Å². The molecular formula is C15H12FNO2. The number of aryl methyl sites for hydroxylation is 1. The van der Waals surface area contributed by atoms with Crippen molar-refractivity contribution in [2.75, 3.05) is 0 Å². The van der Waals surface area contributed by atoms with Crippen LogP contribution in [0.1, 0.15) is 23.7 Å². The molecule has 0 aliphatic carbocycles. The summed E-state index contributed by atoms with van der Waals surface area (Å²) in [5, 5.41) is 9.09. The number of benzene rings is 1. The number of rotatable bonds is 5. The van der Waals surface area contributed by atoms with E-state index in [1.54, 1.807) is 18.4 Å². The molecular weight excluding hydrogens is 245 g/mol. The van der Waals surface area contributed by atoms with Gasteiger partial charge in [-0.1, -0.05) is 12.1 Å². The van der Waals surface area contributed by atoms with E-state index >= 15 is 0 Å². The standard InChI is InChI=1S/C15H12FNO2/c16-12-5-3-11(4-6-12)14(10-17)15(18)8-7-13-2-1-9-19-13/h1-6,9,14H,7-8H2. The summed E-state index contributed by atoms with van der Waals surface area (Å²) in [5.74, 6) is -0.714. The molecule has 0 amide bonds. The lowest BCUT2D eigenvalue weighted by molar-refractivity contribution is -0.119. The van der Waals surface area contributed by atoms with Crippen LogP contribution in [0, 0.1) is 17.1 Å². The Morgan fingerprint density at radius 1 is 1.32 bits per heavy atom. The van der Waals surface area contributed by atoms with Gasteiger partial charge in [-0.3, -0.25) is 4.79 Å². The smallest absolute Gasteiger partial charge is 0.154 e. The Balaban J connectivity index is 2.03. The lowest BCUT2D eigenvalue weighted by atomic mass is 9.93. The Bertz CT molecular complexity index is 582. The molecule has 2 rings (SSSR count). The quantitative estimate of drug-likeness (QED) is 0.826. The van der Waals surface area contributed by atoms with Gasteiger partial charge in [0, 0.05) is 12.8 Å². The fourth-order valence-electron chi connectivity index (χ4n) is 1.83. The maximum absolute atomic E-state index is 12.8. The molecule has 1 atom stereocenters. The molecule has 2 aromatic rings. The first-order chi connectivity index (χ1) is 9.20. The molecule has 4 heteroatoms. The number of carbonyl (C=O) groups excluding carboxylic acids is 1. The van der Waals surface area contributed by atoms with Crippen molar-refractivity contribution in [2.24, 2.45) is 0 Å². The van der Waals surface area contributed by atoms with Gasteiger partial charge in [0.05, 0.1) is 12.3 Å². The number of hydrogen-bond acceptors (Lipinski definition) is 3. The van der Waals surface area contributed by atoms with Gasteiger partial charge in [0.25, 0.3) is 0 Å². The van der Waals surface area contributed by atoms with Gasteiger partial charge >= 0.3 is 0 Å². The van der Waals surface area contributed by atoms with Crippen LogP contribution >= 0.6 is 0 Å². The molecule has 0 N–H and O–H groups in total. The van der Waals surface area contributed by atoms with Crippen molar-refractivity contribution in [1.29, 1.82) is 5.26 Å². The predicted molar refractivity (Wildman–Crippen MR) is 66.8 cm³/mol. The van der Waals surface area contributed by atoms with Gasteiger partial charge in [-0.25, -0.2) is 4.39 Å². The van der Waals surface area contributed by atoms with E-state index in [-0.39, 0.29) is 18.0 Å². The molecule has 1 aromatic heterocycles. The van der Waals surface area contributed by atoms with Crippen molar-refractivity contribution < 1.29 is 13.6 Å². The number of ketones is 1. The zero-order valence-electron chi connectivity index (χ0n) is 10.2. The normalized spacial score (nSPS) is 11.8. The van der Waals surface area contributed by atoms with Crippen molar-refractivity contribution >= 4 is 5.78 Å². The van der Waals surface area contributed by atoms with Crippen LogP contribution in [-0.2, 0) is 11.2 Å². The highest BCUT2D eigenvalue weighted by molar-refractivity contribution is 5.88. The lowest BCUT2D eigenvalue weighted by Crippen LogP contribution is -2.11. The van der Waals surface area contributed by atoms with Gasteiger partial charge in [-0.05, 0) is 29.8 Å². The summed E-state index contributed by atoms with van der Waals surface area (Å²) in [5.41, 5.74) is 0.522. The summed E-state index contributed by atoms with van der Waals surface area (Å²) >= 11 is 0. The zero-order chi connectivity index (χ0) is 13.7. The van der Waals surface area contributed by atoms with Crippen LogP contribution in [0.2, 0.25) is 0 Å². The molecule has 0 aliphatic rings. The number of nitrogens with zero attached hydrogens (tertiary/aromatic N) is 1. The number of hydrogen-bond donors (Lipinski definition) is 0. The summed E-state index contributed by atoms with van der Waals surface area (Å²) in [7, 11) is 0. The molecule has 96 valence electrons. The number of halogens is 1. The van der Waals surface area contributed by atoms with E-state index in [1.165, 1.54) is 24.3 Å². The topological polar surface area (TPSA) is 54.0 Å². The second-order valence-corrected chi connectivity index (χ2v) is 4.16. The Hall–Kier alpha value is -2.41. The minimum atomic E-state index is -0.851. The molecule has 1 unspecified atom stereocenters. The molecule has 19 heavy (non-hydrogen) atoms. The van der Waals surface area contributed by atoms with Crippen molar-refractivity contribution in [2.45, 2.75) is 18.8 Å². The summed E-state index contributed by atoms with van der Waals surface area (Å²) in [6.07, 6.45) is 2.23. The minimum absolute atomic E-state index is 0.189.